The maximum atomic E-state index is 11.3. The molecule has 3 aromatic rings. The fourth-order valence-corrected chi connectivity index (χ4v) is 5.38. The Kier molecular flexibility index (Phi) is 6.61. The Morgan fingerprint density at radius 1 is 1.03 bits per heavy atom. The van der Waals surface area contributed by atoms with Gasteiger partial charge in [0.25, 0.3) is 0 Å². The fraction of sp³-hybridized carbons (Fsp3) is 0.273. The molecule has 1 aliphatic rings. The predicted octanol–water partition coefficient (Wildman–Crippen LogP) is 6.09. The first kappa shape index (κ1) is 21.7. The van der Waals surface area contributed by atoms with E-state index in [9.17, 15) is 9.11 Å². The van der Waals surface area contributed by atoms with Gasteiger partial charge in [0, 0.05) is 6.42 Å². The van der Waals surface area contributed by atoms with E-state index in [1.165, 1.54) is 0 Å². The molecule has 0 saturated heterocycles. The Bertz CT molecular complexity index is 981. The minimum absolute atomic E-state index is 0. The number of hydrogen-bond acceptors (Lipinski definition) is 5. The summed E-state index contributed by atoms with van der Waals surface area (Å²) in [7, 11) is -1.32. The third-order valence-corrected chi connectivity index (χ3v) is 7.04. The monoisotopic (exact) mass is 434 g/mol. The smallest absolute Gasteiger partial charge is 0.206 e. The summed E-state index contributed by atoms with van der Waals surface area (Å²) in [6.45, 7) is 2.81. The largest absolute Gasteiger partial charge is 0.467 e. The molecular formula is C22H27ClN2O3S. The van der Waals surface area contributed by atoms with Crippen molar-refractivity contribution >= 4 is 45.3 Å². The molecular weight excluding hydrogens is 408 g/mol. The van der Waals surface area contributed by atoms with Crippen LogP contribution in [0.5, 0.6) is 5.75 Å². The average molecular weight is 435 g/mol. The van der Waals surface area contributed by atoms with Gasteiger partial charge in [-0.05, 0) is 62.0 Å². The SMILES string of the molecule is CNCCCC1Oc2cc3ccccc3cc2N(c2ccc(C)cc2)S1(O)O.Cl. The number of ether oxygens (including phenoxy) is 1. The fourth-order valence-electron chi connectivity index (χ4n) is 3.57. The first-order valence-electron chi connectivity index (χ1n) is 9.49. The van der Waals surface area contributed by atoms with E-state index in [4.69, 9.17) is 4.74 Å². The van der Waals surface area contributed by atoms with E-state index >= 15 is 0 Å². The molecule has 0 bridgehead atoms. The van der Waals surface area contributed by atoms with Gasteiger partial charge in [0.15, 0.2) is 0 Å². The van der Waals surface area contributed by atoms with Gasteiger partial charge in [-0.3, -0.25) is 9.11 Å². The van der Waals surface area contributed by atoms with Crippen molar-refractivity contribution in [2.24, 2.45) is 0 Å². The average Bonchev–Trinajstić information content (AvgIpc) is 2.68. The first-order chi connectivity index (χ1) is 13.5. The second kappa shape index (κ2) is 8.81. The van der Waals surface area contributed by atoms with Crippen LogP contribution < -0.4 is 14.4 Å². The molecule has 156 valence electrons. The van der Waals surface area contributed by atoms with Gasteiger partial charge < -0.3 is 10.1 Å². The van der Waals surface area contributed by atoms with Crippen molar-refractivity contribution < 1.29 is 13.8 Å². The van der Waals surface area contributed by atoms with Crippen LogP contribution in [0.3, 0.4) is 0 Å². The van der Waals surface area contributed by atoms with Gasteiger partial charge in [0.2, 0.25) is 5.44 Å². The Hall–Kier alpha value is -1.96. The van der Waals surface area contributed by atoms with E-state index in [1.807, 2.05) is 74.6 Å². The van der Waals surface area contributed by atoms with E-state index in [2.05, 4.69) is 5.32 Å². The molecule has 3 aromatic carbocycles. The minimum Gasteiger partial charge on any atom is -0.467 e. The van der Waals surface area contributed by atoms with E-state index in [-0.39, 0.29) is 12.4 Å². The number of hydrogen-bond donors (Lipinski definition) is 3. The third kappa shape index (κ3) is 4.17. The standard InChI is InChI=1S/C22H26N2O3S.ClH/c1-16-9-11-19(12-10-16)24-20-14-17-6-3-4-7-18(17)15-21(20)27-22(28(24,25)26)8-5-13-23-2;/h3-4,6-7,9-12,14-15,22-23,25-26H,5,8,13H2,1-2H3;1H. The molecule has 0 amide bonds. The maximum Gasteiger partial charge on any atom is 0.206 e. The van der Waals surface area contributed by atoms with Gasteiger partial charge in [-0.2, -0.15) is 0 Å². The second-order valence-electron chi connectivity index (χ2n) is 7.15. The van der Waals surface area contributed by atoms with Crippen molar-refractivity contribution in [2.45, 2.75) is 25.2 Å². The van der Waals surface area contributed by atoms with Crippen LogP contribution in [-0.2, 0) is 0 Å². The second-order valence-corrected chi connectivity index (χ2v) is 9.16. The number of nitrogens with one attached hydrogen (secondary N) is 1. The van der Waals surface area contributed by atoms with Crippen molar-refractivity contribution in [2.75, 3.05) is 17.9 Å². The van der Waals surface area contributed by atoms with Crippen LogP contribution >= 0.6 is 23.2 Å². The van der Waals surface area contributed by atoms with Crippen LogP contribution in [0.15, 0.2) is 60.7 Å². The summed E-state index contributed by atoms with van der Waals surface area (Å²) in [5.41, 5.74) is 1.88. The zero-order chi connectivity index (χ0) is 19.7. The van der Waals surface area contributed by atoms with Gasteiger partial charge in [-0.1, -0.05) is 52.7 Å². The molecule has 0 radical (unpaired) electrons. The lowest BCUT2D eigenvalue weighted by Crippen LogP contribution is -2.39. The number of anilines is 2. The number of fused-ring (bicyclic) bond motifs is 2. The molecule has 1 atom stereocenters. The van der Waals surface area contributed by atoms with E-state index in [0.29, 0.717) is 17.9 Å². The molecule has 0 aliphatic carbocycles. The summed E-state index contributed by atoms with van der Waals surface area (Å²) >= 11 is 0. The van der Waals surface area contributed by atoms with Crippen LogP contribution in [0.1, 0.15) is 18.4 Å². The number of nitrogens with zero attached hydrogens (tertiary/aromatic N) is 1. The molecule has 7 heteroatoms. The zero-order valence-corrected chi connectivity index (χ0v) is 18.2. The third-order valence-electron chi connectivity index (χ3n) is 5.06. The molecule has 5 nitrogen and oxygen atoms in total. The Morgan fingerprint density at radius 2 is 1.69 bits per heavy atom. The van der Waals surface area contributed by atoms with E-state index < -0.39 is 16.2 Å². The van der Waals surface area contributed by atoms with Gasteiger partial charge in [0.1, 0.15) is 11.4 Å². The topological polar surface area (TPSA) is 65.0 Å². The molecule has 1 aliphatic heterocycles. The highest BCUT2D eigenvalue weighted by Crippen LogP contribution is 2.62. The van der Waals surface area contributed by atoms with Crippen molar-refractivity contribution in [1.29, 1.82) is 0 Å². The lowest BCUT2D eigenvalue weighted by Gasteiger charge is -2.52. The summed E-state index contributed by atoms with van der Waals surface area (Å²) in [5, 5.41) is 5.20. The Balaban J connectivity index is 0.00000240. The summed E-state index contributed by atoms with van der Waals surface area (Å²) in [6, 6.07) is 19.8. The summed E-state index contributed by atoms with van der Waals surface area (Å²) < 4.78 is 30.3. The van der Waals surface area contributed by atoms with Gasteiger partial charge in [-0.25, -0.2) is 4.31 Å². The van der Waals surface area contributed by atoms with Crippen molar-refractivity contribution in [3.8, 4) is 5.75 Å². The van der Waals surface area contributed by atoms with Crippen molar-refractivity contribution in [3.05, 3.63) is 66.2 Å². The molecule has 29 heavy (non-hydrogen) atoms. The molecule has 0 saturated carbocycles. The quantitative estimate of drug-likeness (QED) is 0.424. The van der Waals surface area contributed by atoms with E-state index in [0.717, 1.165) is 35.0 Å². The molecule has 0 fully saturated rings. The zero-order valence-electron chi connectivity index (χ0n) is 16.5. The molecule has 0 aromatic heterocycles. The maximum absolute atomic E-state index is 11.3. The Morgan fingerprint density at radius 3 is 2.34 bits per heavy atom. The number of aryl methyl sites for hydroxylation is 1. The van der Waals surface area contributed by atoms with Gasteiger partial charge in [0.05, 0.1) is 5.69 Å². The summed E-state index contributed by atoms with van der Waals surface area (Å²) in [5.74, 6) is 0.681. The van der Waals surface area contributed by atoms with E-state index in [1.54, 1.807) is 4.31 Å². The normalized spacial score (nSPS) is 18.5. The van der Waals surface area contributed by atoms with Crippen molar-refractivity contribution in [3.63, 3.8) is 0 Å². The number of halogens is 1. The number of benzene rings is 3. The van der Waals surface area contributed by atoms with Gasteiger partial charge in [-0.15, -0.1) is 12.4 Å². The molecule has 0 spiro atoms. The molecule has 3 N–H and O–H groups in total. The Labute approximate surface area is 179 Å². The lowest BCUT2D eigenvalue weighted by molar-refractivity contribution is 0.236. The molecule has 1 unspecified atom stereocenters. The lowest BCUT2D eigenvalue weighted by atomic mass is 10.1. The highest BCUT2D eigenvalue weighted by molar-refractivity contribution is 8.26. The van der Waals surface area contributed by atoms with Crippen LogP contribution in [0.25, 0.3) is 10.8 Å². The summed E-state index contributed by atoms with van der Waals surface area (Å²) in [4.78, 5) is 0. The molecule has 4 rings (SSSR count). The van der Waals surface area contributed by atoms with Crippen LogP contribution in [0.4, 0.5) is 11.4 Å². The summed E-state index contributed by atoms with van der Waals surface area (Å²) in [6.07, 6.45) is 1.35. The predicted molar refractivity (Wildman–Crippen MR) is 125 cm³/mol. The number of rotatable bonds is 5. The molecule has 1 heterocycles. The highest BCUT2D eigenvalue weighted by atomic mass is 35.5. The van der Waals surface area contributed by atoms with Crippen LogP contribution in [0.2, 0.25) is 0 Å². The van der Waals surface area contributed by atoms with Crippen molar-refractivity contribution in [1.82, 2.24) is 5.32 Å². The van der Waals surface area contributed by atoms with Gasteiger partial charge >= 0.3 is 0 Å². The van der Waals surface area contributed by atoms with Crippen LogP contribution in [0, 0.1) is 6.92 Å². The minimum atomic E-state index is -3.21. The first-order valence-corrected chi connectivity index (χ1v) is 11.1. The highest BCUT2D eigenvalue weighted by Gasteiger charge is 2.41. The van der Waals surface area contributed by atoms with Crippen LogP contribution in [-0.4, -0.2) is 28.1 Å².